The molecule has 1 amide bonds. The average molecular weight is 322 g/mol. The molecule has 6 heteroatoms. The molecule has 2 heterocycles. The van der Waals surface area contributed by atoms with Crippen LogP contribution in [0, 0.1) is 11.7 Å². The fourth-order valence-corrected chi connectivity index (χ4v) is 3.31. The summed E-state index contributed by atoms with van der Waals surface area (Å²) in [5.41, 5.74) is 0.122. The number of likely N-dealkylation sites (tertiary alicyclic amines) is 1. The van der Waals surface area contributed by atoms with Crippen LogP contribution in [-0.4, -0.2) is 54.8 Å². The van der Waals surface area contributed by atoms with E-state index in [0.717, 1.165) is 58.2 Å². The average Bonchev–Trinajstić information content (AvgIpc) is 3.02. The largest absolute Gasteiger partial charge is 0.507 e. The number of piperidine rings is 1. The number of halogens is 1. The maximum absolute atomic E-state index is 13.0. The minimum atomic E-state index is -0.553. The molecule has 23 heavy (non-hydrogen) atoms. The summed E-state index contributed by atoms with van der Waals surface area (Å²) >= 11 is 0. The van der Waals surface area contributed by atoms with Gasteiger partial charge in [0.05, 0.1) is 12.2 Å². The third-order valence-electron chi connectivity index (χ3n) is 4.67. The Kier molecular flexibility index (Phi) is 5.13. The normalized spacial score (nSPS) is 23.1. The maximum atomic E-state index is 13.0. The first kappa shape index (κ1) is 16.2. The van der Waals surface area contributed by atoms with Gasteiger partial charge in [-0.05, 0) is 37.3 Å². The summed E-state index contributed by atoms with van der Waals surface area (Å²) in [6, 6.07) is 3.56. The van der Waals surface area contributed by atoms with Crippen molar-refractivity contribution in [1.82, 2.24) is 10.2 Å². The number of phenols is 1. The van der Waals surface area contributed by atoms with Crippen LogP contribution in [0.3, 0.4) is 0 Å². The van der Waals surface area contributed by atoms with E-state index in [2.05, 4.69) is 10.2 Å². The number of carbonyl (C=O) groups is 1. The van der Waals surface area contributed by atoms with Crippen LogP contribution in [0.15, 0.2) is 18.2 Å². The van der Waals surface area contributed by atoms with Crippen LogP contribution in [0.25, 0.3) is 0 Å². The first-order chi connectivity index (χ1) is 11.1. The van der Waals surface area contributed by atoms with E-state index in [4.69, 9.17) is 4.74 Å². The summed E-state index contributed by atoms with van der Waals surface area (Å²) in [6.45, 7) is 4.71. The van der Waals surface area contributed by atoms with Gasteiger partial charge in [-0.2, -0.15) is 0 Å². The summed E-state index contributed by atoms with van der Waals surface area (Å²) in [7, 11) is 0. The van der Waals surface area contributed by atoms with Gasteiger partial charge in [0.2, 0.25) is 0 Å². The Bertz CT molecular complexity index is 553. The third-order valence-corrected chi connectivity index (χ3v) is 4.67. The Morgan fingerprint density at radius 3 is 2.78 bits per heavy atom. The molecule has 1 aromatic carbocycles. The second-order valence-corrected chi connectivity index (χ2v) is 6.44. The highest BCUT2D eigenvalue weighted by molar-refractivity contribution is 5.96. The van der Waals surface area contributed by atoms with Crippen LogP contribution in [0.1, 0.15) is 29.6 Å². The number of nitrogens with one attached hydrogen (secondary N) is 1. The molecule has 0 aromatic heterocycles. The zero-order valence-electron chi connectivity index (χ0n) is 13.1. The summed E-state index contributed by atoms with van der Waals surface area (Å²) < 4.78 is 18.4. The number of benzene rings is 1. The zero-order valence-corrected chi connectivity index (χ0v) is 13.1. The lowest BCUT2D eigenvalue weighted by Crippen LogP contribution is -2.45. The van der Waals surface area contributed by atoms with E-state index in [0.29, 0.717) is 5.92 Å². The summed E-state index contributed by atoms with van der Waals surface area (Å²) in [4.78, 5) is 14.6. The Balaban J connectivity index is 1.47. The van der Waals surface area contributed by atoms with Gasteiger partial charge in [0.1, 0.15) is 11.6 Å². The smallest absolute Gasteiger partial charge is 0.255 e. The monoisotopic (exact) mass is 322 g/mol. The third kappa shape index (κ3) is 4.20. The second-order valence-electron chi connectivity index (χ2n) is 6.44. The topological polar surface area (TPSA) is 61.8 Å². The number of hydrogen-bond acceptors (Lipinski definition) is 4. The lowest BCUT2D eigenvalue weighted by Gasteiger charge is -2.33. The zero-order chi connectivity index (χ0) is 16.2. The predicted octanol–water partition coefficient (Wildman–Crippen LogP) is 1.76. The van der Waals surface area contributed by atoms with Crippen LogP contribution in [0.5, 0.6) is 5.75 Å². The van der Waals surface area contributed by atoms with E-state index in [1.807, 2.05) is 0 Å². The number of nitrogens with zero attached hydrogens (tertiary/aromatic N) is 1. The number of aromatic hydroxyl groups is 1. The van der Waals surface area contributed by atoms with Crippen LogP contribution in [-0.2, 0) is 4.74 Å². The number of rotatable bonds is 4. The summed E-state index contributed by atoms with van der Waals surface area (Å²) in [5, 5.41) is 12.6. The fourth-order valence-electron chi connectivity index (χ4n) is 3.31. The number of carbonyl (C=O) groups excluding carboxylic acids is 1. The van der Waals surface area contributed by atoms with Crippen LogP contribution in [0.4, 0.5) is 4.39 Å². The molecule has 0 unspecified atom stereocenters. The van der Waals surface area contributed by atoms with Gasteiger partial charge in [0.15, 0.2) is 0 Å². The van der Waals surface area contributed by atoms with E-state index in [1.165, 1.54) is 12.1 Å². The molecule has 1 atom stereocenters. The Morgan fingerprint density at radius 1 is 1.35 bits per heavy atom. The number of phenolic OH excluding ortho intramolecular Hbond substituents is 1. The van der Waals surface area contributed by atoms with Gasteiger partial charge in [-0.15, -0.1) is 0 Å². The summed E-state index contributed by atoms with van der Waals surface area (Å²) in [6.07, 6.45) is 2.92. The number of ether oxygens (including phenoxy) is 1. The van der Waals surface area contributed by atoms with Gasteiger partial charge in [-0.25, -0.2) is 4.39 Å². The first-order valence-electron chi connectivity index (χ1n) is 8.21. The molecule has 5 nitrogen and oxygen atoms in total. The lowest BCUT2D eigenvalue weighted by molar-refractivity contribution is 0.0900. The minimum Gasteiger partial charge on any atom is -0.507 e. The molecule has 2 aliphatic rings. The van der Waals surface area contributed by atoms with Crippen molar-refractivity contribution in [2.24, 2.45) is 5.92 Å². The van der Waals surface area contributed by atoms with Gasteiger partial charge in [-0.1, -0.05) is 0 Å². The quantitative estimate of drug-likeness (QED) is 0.887. The molecular weight excluding hydrogens is 299 g/mol. The van der Waals surface area contributed by atoms with Crippen LogP contribution >= 0.6 is 0 Å². The Morgan fingerprint density at radius 2 is 2.13 bits per heavy atom. The molecule has 0 spiro atoms. The predicted molar refractivity (Wildman–Crippen MR) is 83.9 cm³/mol. The fraction of sp³-hybridized carbons (Fsp3) is 0.588. The van der Waals surface area contributed by atoms with Crippen molar-refractivity contribution in [3.05, 3.63) is 29.6 Å². The molecule has 126 valence electrons. The molecule has 0 radical (unpaired) electrons. The number of hydrogen-bond donors (Lipinski definition) is 2. The van der Waals surface area contributed by atoms with E-state index < -0.39 is 5.82 Å². The maximum Gasteiger partial charge on any atom is 0.255 e. The van der Waals surface area contributed by atoms with Crippen molar-refractivity contribution in [3.8, 4) is 5.75 Å². The highest BCUT2D eigenvalue weighted by Crippen LogP contribution is 2.20. The minimum absolute atomic E-state index is 0.100. The van der Waals surface area contributed by atoms with Crippen molar-refractivity contribution in [3.63, 3.8) is 0 Å². The SMILES string of the molecule is O=C(NC1CCN(C[C@H]2CCOC2)CC1)c1ccc(F)cc1O. The molecule has 2 N–H and O–H groups in total. The molecule has 1 aromatic rings. The molecule has 0 bridgehead atoms. The summed E-state index contributed by atoms with van der Waals surface area (Å²) in [5.74, 6) is -0.577. The molecule has 0 aliphatic carbocycles. The molecule has 0 saturated carbocycles. The van der Waals surface area contributed by atoms with Crippen molar-refractivity contribution < 1.29 is 19.0 Å². The van der Waals surface area contributed by atoms with Gasteiger partial charge in [0, 0.05) is 38.3 Å². The first-order valence-corrected chi connectivity index (χ1v) is 8.21. The van der Waals surface area contributed by atoms with E-state index in [-0.39, 0.29) is 23.3 Å². The number of amides is 1. The van der Waals surface area contributed by atoms with E-state index >= 15 is 0 Å². The highest BCUT2D eigenvalue weighted by Gasteiger charge is 2.25. The van der Waals surface area contributed by atoms with Gasteiger partial charge in [0.25, 0.3) is 5.91 Å². The lowest BCUT2D eigenvalue weighted by atomic mass is 10.0. The van der Waals surface area contributed by atoms with Crippen molar-refractivity contribution in [2.75, 3.05) is 32.8 Å². The second kappa shape index (κ2) is 7.27. The molecule has 3 rings (SSSR count). The van der Waals surface area contributed by atoms with Crippen molar-refractivity contribution >= 4 is 5.91 Å². The van der Waals surface area contributed by atoms with Gasteiger partial charge in [-0.3, -0.25) is 4.79 Å². The molecule has 2 fully saturated rings. The molecular formula is C17H23FN2O3. The standard InChI is InChI=1S/C17H23FN2O3/c18-13-1-2-15(16(21)9-13)17(22)19-14-3-6-20(7-4-14)10-12-5-8-23-11-12/h1-2,9,12,14,21H,3-8,10-11H2,(H,19,22)/t12-/m1/s1. The van der Waals surface area contributed by atoms with E-state index in [9.17, 15) is 14.3 Å². The van der Waals surface area contributed by atoms with Gasteiger partial charge >= 0.3 is 0 Å². The Hall–Kier alpha value is -1.66. The van der Waals surface area contributed by atoms with Crippen LogP contribution < -0.4 is 5.32 Å². The molecule has 2 aliphatic heterocycles. The highest BCUT2D eigenvalue weighted by atomic mass is 19.1. The van der Waals surface area contributed by atoms with Crippen LogP contribution in [0.2, 0.25) is 0 Å². The van der Waals surface area contributed by atoms with Crippen molar-refractivity contribution in [1.29, 1.82) is 0 Å². The van der Waals surface area contributed by atoms with Gasteiger partial charge < -0.3 is 20.1 Å². The van der Waals surface area contributed by atoms with Crippen molar-refractivity contribution in [2.45, 2.75) is 25.3 Å². The Labute approximate surface area is 135 Å². The molecule has 2 saturated heterocycles. The van der Waals surface area contributed by atoms with E-state index in [1.54, 1.807) is 0 Å².